The number of nitrogens with zero attached hydrogens (tertiary/aromatic N) is 1. The van der Waals surface area contributed by atoms with Gasteiger partial charge < -0.3 is 15.4 Å². The van der Waals surface area contributed by atoms with E-state index in [-0.39, 0.29) is 6.04 Å². The van der Waals surface area contributed by atoms with Crippen molar-refractivity contribution in [2.24, 2.45) is 5.73 Å². The van der Waals surface area contributed by atoms with Gasteiger partial charge >= 0.3 is 0 Å². The van der Waals surface area contributed by atoms with Crippen LogP contribution in [0.1, 0.15) is 37.9 Å². The minimum Gasteiger partial charge on any atom is -0.377 e. The molecular formula is C15H24N2O. The molecule has 0 saturated carbocycles. The fourth-order valence-electron chi connectivity index (χ4n) is 2.40. The summed E-state index contributed by atoms with van der Waals surface area (Å²) in [5.74, 6) is 0. The first-order chi connectivity index (χ1) is 8.58. The molecule has 1 aromatic carbocycles. The van der Waals surface area contributed by atoms with Gasteiger partial charge in [-0.05, 0) is 44.4 Å². The minimum atomic E-state index is 0.119. The first-order valence-electron chi connectivity index (χ1n) is 6.83. The maximum Gasteiger partial charge on any atom is 0.0645 e. The molecule has 0 saturated heterocycles. The number of nitrogens with two attached hydrogens (primary N) is 1. The van der Waals surface area contributed by atoms with Crippen LogP contribution in [-0.4, -0.2) is 25.8 Å². The molecule has 1 atom stereocenters. The van der Waals surface area contributed by atoms with E-state index < -0.39 is 0 Å². The van der Waals surface area contributed by atoms with Crippen LogP contribution in [0.4, 0.5) is 5.69 Å². The second-order valence-corrected chi connectivity index (χ2v) is 5.33. The number of hydrogen-bond acceptors (Lipinski definition) is 3. The van der Waals surface area contributed by atoms with E-state index >= 15 is 0 Å². The summed E-state index contributed by atoms with van der Waals surface area (Å²) in [7, 11) is 0. The number of benzene rings is 1. The van der Waals surface area contributed by atoms with Gasteiger partial charge in [0.15, 0.2) is 0 Å². The summed E-state index contributed by atoms with van der Waals surface area (Å²) in [5.41, 5.74) is 9.93. The van der Waals surface area contributed by atoms with E-state index in [4.69, 9.17) is 10.5 Å². The van der Waals surface area contributed by atoms with Crippen molar-refractivity contribution in [1.82, 2.24) is 0 Å². The summed E-state index contributed by atoms with van der Waals surface area (Å²) in [6.07, 6.45) is 1.44. The molecule has 18 heavy (non-hydrogen) atoms. The molecule has 2 rings (SSSR count). The number of anilines is 1. The standard InChI is InChI=1S/C15H24N2O/c1-11(2)18-9-8-17-7-6-14-10-13(12(3)16)4-5-15(14)17/h4-5,10-12H,6-9,16H2,1-3H3. The van der Waals surface area contributed by atoms with Crippen molar-refractivity contribution in [3.63, 3.8) is 0 Å². The van der Waals surface area contributed by atoms with Gasteiger partial charge in [-0.1, -0.05) is 12.1 Å². The fourth-order valence-corrected chi connectivity index (χ4v) is 2.40. The molecule has 0 aromatic heterocycles. The third-order valence-corrected chi connectivity index (χ3v) is 3.43. The second kappa shape index (κ2) is 5.72. The highest BCUT2D eigenvalue weighted by molar-refractivity contribution is 5.59. The highest BCUT2D eigenvalue weighted by Crippen LogP contribution is 2.29. The van der Waals surface area contributed by atoms with E-state index in [1.165, 1.54) is 16.8 Å². The predicted molar refractivity (Wildman–Crippen MR) is 76.0 cm³/mol. The molecule has 1 heterocycles. The van der Waals surface area contributed by atoms with E-state index in [9.17, 15) is 0 Å². The van der Waals surface area contributed by atoms with Crippen LogP contribution in [0.15, 0.2) is 18.2 Å². The first-order valence-corrected chi connectivity index (χ1v) is 6.83. The highest BCUT2D eigenvalue weighted by Gasteiger charge is 2.19. The van der Waals surface area contributed by atoms with Crippen molar-refractivity contribution in [3.8, 4) is 0 Å². The maximum absolute atomic E-state index is 5.92. The van der Waals surface area contributed by atoms with Gasteiger partial charge in [-0.25, -0.2) is 0 Å². The van der Waals surface area contributed by atoms with E-state index in [1.807, 2.05) is 6.92 Å². The van der Waals surface area contributed by atoms with Crippen molar-refractivity contribution in [2.45, 2.75) is 39.3 Å². The molecule has 0 aliphatic carbocycles. The zero-order chi connectivity index (χ0) is 13.1. The van der Waals surface area contributed by atoms with Crippen LogP contribution in [-0.2, 0) is 11.2 Å². The Morgan fingerprint density at radius 3 is 2.78 bits per heavy atom. The lowest BCUT2D eigenvalue weighted by Crippen LogP contribution is -2.26. The number of hydrogen-bond donors (Lipinski definition) is 1. The number of fused-ring (bicyclic) bond motifs is 1. The Hall–Kier alpha value is -1.06. The Balaban J connectivity index is 2.00. The van der Waals surface area contributed by atoms with Crippen LogP contribution in [0.2, 0.25) is 0 Å². The van der Waals surface area contributed by atoms with Crippen molar-refractivity contribution in [2.75, 3.05) is 24.6 Å². The van der Waals surface area contributed by atoms with Crippen LogP contribution in [0.3, 0.4) is 0 Å². The number of ether oxygens (including phenoxy) is 1. The van der Waals surface area contributed by atoms with E-state index in [1.54, 1.807) is 0 Å². The molecule has 1 aliphatic heterocycles. The van der Waals surface area contributed by atoms with Crippen molar-refractivity contribution >= 4 is 5.69 Å². The van der Waals surface area contributed by atoms with Gasteiger partial charge in [0.05, 0.1) is 12.7 Å². The fraction of sp³-hybridized carbons (Fsp3) is 0.600. The van der Waals surface area contributed by atoms with Crippen LogP contribution >= 0.6 is 0 Å². The molecule has 1 aromatic rings. The van der Waals surface area contributed by atoms with Gasteiger partial charge in [0.1, 0.15) is 0 Å². The molecule has 100 valence electrons. The molecule has 3 heteroatoms. The average Bonchev–Trinajstić information content (AvgIpc) is 2.71. The smallest absolute Gasteiger partial charge is 0.0645 e. The predicted octanol–water partition coefficient (Wildman–Crippen LogP) is 2.49. The highest BCUT2D eigenvalue weighted by atomic mass is 16.5. The van der Waals surface area contributed by atoms with E-state index in [0.717, 1.165) is 26.1 Å². The third kappa shape index (κ3) is 3.03. The van der Waals surface area contributed by atoms with E-state index in [0.29, 0.717) is 6.10 Å². The van der Waals surface area contributed by atoms with Crippen molar-refractivity contribution in [1.29, 1.82) is 0 Å². The lowest BCUT2D eigenvalue weighted by atomic mass is 10.0. The van der Waals surface area contributed by atoms with Gasteiger partial charge in [0, 0.05) is 24.8 Å². The van der Waals surface area contributed by atoms with Crippen LogP contribution < -0.4 is 10.6 Å². The van der Waals surface area contributed by atoms with Crippen LogP contribution in [0.5, 0.6) is 0 Å². The summed E-state index contributed by atoms with van der Waals surface area (Å²) in [4.78, 5) is 2.41. The molecule has 0 fully saturated rings. The number of rotatable bonds is 5. The SMILES string of the molecule is CC(C)OCCN1CCc2cc(C(C)N)ccc21. The molecule has 2 N–H and O–H groups in total. The van der Waals surface area contributed by atoms with Crippen molar-refractivity contribution in [3.05, 3.63) is 29.3 Å². The van der Waals surface area contributed by atoms with Crippen LogP contribution in [0.25, 0.3) is 0 Å². The quantitative estimate of drug-likeness (QED) is 0.870. The summed E-state index contributed by atoms with van der Waals surface area (Å²) in [5, 5.41) is 0. The van der Waals surface area contributed by atoms with Gasteiger partial charge in [-0.3, -0.25) is 0 Å². The van der Waals surface area contributed by atoms with Crippen molar-refractivity contribution < 1.29 is 4.74 Å². The lowest BCUT2D eigenvalue weighted by molar-refractivity contribution is 0.0843. The summed E-state index contributed by atoms with van der Waals surface area (Å²) in [6.45, 7) is 9.05. The normalized spacial score (nSPS) is 16.2. The van der Waals surface area contributed by atoms with Gasteiger partial charge in [-0.2, -0.15) is 0 Å². The minimum absolute atomic E-state index is 0.119. The molecule has 0 radical (unpaired) electrons. The maximum atomic E-state index is 5.92. The molecule has 3 nitrogen and oxygen atoms in total. The Morgan fingerprint density at radius 2 is 2.11 bits per heavy atom. The van der Waals surface area contributed by atoms with Gasteiger partial charge in [-0.15, -0.1) is 0 Å². The Bertz CT molecular complexity index is 401. The van der Waals surface area contributed by atoms with Gasteiger partial charge in [0.2, 0.25) is 0 Å². The average molecular weight is 248 g/mol. The zero-order valence-electron chi connectivity index (χ0n) is 11.6. The molecule has 0 spiro atoms. The second-order valence-electron chi connectivity index (χ2n) is 5.33. The topological polar surface area (TPSA) is 38.5 Å². The largest absolute Gasteiger partial charge is 0.377 e. The third-order valence-electron chi connectivity index (χ3n) is 3.43. The van der Waals surface area contributed by atoms with Gasteiger partial charge in [0.25, 0.3) is 0 Å². The lowest BCUT2D eigenvalue weighted by Gasteiger charge is -2.20. The molecule has 0 amide bonds. The Labute approximate surface area is 110 Å². The molecule has 1 aliphatic rings. The first kappa shape index (κ1) is 13.4. The zero-order valence-corrected chi connectivity index (χ0v) is 11.6. The Kier molecular flexibility index (Phi) is 4.25. The van der Waals surface area contributed by atoms with E-state index in [2.05, 4.69) is 36.9 Å². The summed E-state index contributed by atoms with van der Waals surface area (Å²) in [6, 6.07) is 6.72. The monoisotopic (exact) mass is 248 g/mol. The molecule has 1 unspecified atom stereocenters. The summed E-state index contributed by atoms with van der Waals surface area (Å²) < 4.78 is 5.62. The Morgan fingerprint density at radius 1 is 1.33 bits per heavy atom. The molecule has 0 bridgehead atoms. The molecular weight excluding hydrogens is 224 g/mol. The summed E-state index contributed by atoms with van der Waals surface area (Å²) >= 11 is 0. The van der Waals surface area contributed by atoms with Crippen LogP contribution in [0, 0.1) is 0 Å².